The number of unbranched alkanes of at least 4 members (excludes halogenated alkanes) is 2. The van der Waals surface area contributed by atoms with Crippen LogP contribution in [0.25, 0.3) is 0 Å². The van der Waals surface area contributed by atoms with Crippen LogP contribution in [0.3, 0.4) is 0 Å². The van der Waals surface area contributed by atoms with Crippen molar-refractivity contribution in [3.8, 4) is 12.3 Å². The first kappa shape index (κ1) is 12.7. The van der Waals surface area contributed by atoms with E-state index in [1.54, 1.807) is 11.8 Å². The second kappa shape index (κ2) is 5.24. The summed E-state index contributed by atoms with van der Waals surface area (Å²) < 4.78 is 23.8. The van der Waals surface area contributed by atoms with Gasteiger partial charge < -0.3 is 0 Å². The Kier molecular flexibility index (Phi) is 4.15. The second-order valence-corrected chi connectivity index (χ2v) is 9.83. The van der Waals surface area contributed by atoms with Gasteiger partial charge in [-0.2, -0.15) is 0 Å². The highest BCUT2D eigenvalue weighted by Crippen LogP contribution is 2.48. The minimum absolute atomic E-state index is 0.416. The highest BCUT2D eigenvalue weighted by Gasteiger charge is 2.52. The average Bonchev–Trinajstić information content (AvgIpc) is 2.26. The Morgan fingerprint density at radius 2 is 2.00 bits per heavy atom. The van der Waals surface area contributed by atoms with Crippen molar-refractivity contribution in [3.05, 3.63) is 0 Å². The molecule has 0 aliphatic carbocycles. The average molecular weight is 276 g/mol. The molecule has 0 saturated carbocycles. The molecule has 0 radical (unpaired) electrons. The molecule has 90 valence electrons. The van der Waals surface area contributed by atoms with E-state index in [0.29, 0.717) is 5.92 Å². The molecule has 0 aromatic rings. The SMILES string of the molecule is C#CCCCCC12SCC(CS1=O)CS2=O. The van der Waals surface area contributed by atoms with Gasteiger partial charge in [0.15, 0.2) is 3.41 Å². The Balaban J connectivity index is 2.00. The number of thioether (sulfide) groups is 1. The first-order valence-electron chi connectivity index (χ1n) is 5.53. The minimum Gasteiger partial charge on any atom is -0.257 e. The highest BCUT2D eigenvalue weighted by molar-refractivity contribution is 8.26. The first-order valence-corrected chi connectivity index (χ1v) is 9.16. The summed E-state index contributed by atoms with van der Waals surface area (Å²) in [5.41, 5.74) is 0. The van der Waals surface area contributed by atoms with E-state index in [1.165, 1.54) is 0 Å². The van der Waals surface area contributed by atoms with Gasteiger partial charge in [0.1, 0.15) is 0 Å². The van der Waals surface area contributed by atoms with Crippen molar-refractivity contribution in [3.63, 3.8) is 0 Å². The Labute approximate surface area is 106 Å². The summed E-state index contributed by atoms with van der Waals surface area (Å²) >= 11 is 1.68. The number of hydrogen-bond acceptors (Lipinski definition) is 3. The van der Waals surface area contributed by atoms with E-state index < -0.39 is 25.0 Å². The Morgan fingerprint density at radius 1 is 1.31 bits per heavy atom. The third kappa shape index (κ3) is 2.25. The number of rotatable bonds is 4. The topological polar surface area (TPSA) is 34.1 Å². The zero-order chi connectivity index (χ0) is 11.6. The third-order valence-electron chi connectivity index (χ3n) is 3.06. The van der Waals surface area contributed by atoms with Gasteiger partial charge in [0, 0.05) is 23.7 Å². The Bertz CT molecular complexity index is 341. The van der Waals surface area contributed by atoms with Gasteiger partial charge in [-0.15, -0.1) is 24.1 Å². The lowest BCUT2D eigenvalue weighted by Crippen LogP contribution is -2.51. The third-order valence-corrected chi connectivity index (χ3v) is 10.6. The largest absolute Gasteiger partial charge is 0.257 e. The Hall–Kier alpha value is 0.210. The van der Waals surface area contributed by atoms with Gasteiger partial charge in [0.2, 0.25) is 0 Å². The van der Waals surface area contributed by atoms with E-state index >= 15 is 0 Å². The quantitative estimate of drug-likeness (QED) is 0.579. The lowest BCUT2D eigenvalue weighted by molar-refractivity contribution is 0.602. The summed E-state index contributed by atoms with van der Waals surface area (Å²) in [4.78, 5) is 0. The molecule has 2 nitrogen and oxygen atoms in total. The second-order valence-electron chi connectivity index (χ2n) is 4.30. The van der Waals surface area contributed by atoms with Crippen LogP contribution in [0.1, 0.15) is 25.7 Å². The van der Waals surface area contributed by atoms with Gasteiger partial charge in [-0.05, 0) is 25.2 Å². The van der Waals surface area contributed by atoms with Crippen molar-refractivity contribution in [2.24, 2.45) is 5.92 Å². The summed E-state index contributed by atoms with van der Waals surface area (Å²) in [7, 11) is -1.82. The molecule has 2 bridgehead atoms. The molecular formula is C11H16O2S3. The van der Waals surface area contributed by atoms with Crippen LogP contribution in [0.15, 0.2) is 0 Å². The van der Waals surface area contributed by atoms with Crippen LogP contribution in [0.5, 0.6) is 0 Å². The van der Waals surface area contributed by atoms with E-state index in [1.807, 2.05) is 0 Å². The predicted octanol–water partition coefficient (Wildman–Crippen LogP) is 1.71. The summed E-state index contributed by atoms with van der Waals surface area (Å²) in [5, 5.41) is 0. The molecule has 16 heavy (non-hydrogen) atoms. The Morgan fingerprint density at radius 3 is 2.56 bits per heavy atom. The molecule has 0 N–H and O–H groups in total. The molecule has 3 saturated heterocycles. The molecule has 0 amide bonds. The van der Waals surface area contributed by atoms with Gasteiger partial charge >= 0.3 is 0 Å². The molecule has 5 heteroatoms. The molecule has 2 unspecified atom stereocenters. The van der Waals surface area contributed by atoms with Crippen molar-refractivity contribution in [1.82, 2.24) is 0 Å². The fourth-order valence-corrected chi connectivity index (χ4v) is 9.32. The van der Waals surface area contributed by atoms with Crippen LogP contribution in [0.2, 0.25) is 0 Å². The van der Waals surface area contributed by atoms with Crippen LogP contribution in [-0.2, 0) is 21.6 Å². The lowest BCUT2D eigenvalue weighted by atomic mass is 10.2. The molecule has 0 aromatic heterocycles. The smallest absolute Gasteiger partial charge is 0.165 e. The maximum atomic E-state index is 12.1. The molecule has 0 spiro atoms. The van der Waals surface area contributed by atoms with Crippen LogP contribution in [0.4, 0.5) is 0 Å². The number of fused-ring (bicyclic) bond motifs is 3. The predicted molar refractivity (Wildman–Crippen MR) is 72.0 cm³/mol. The van der Waals surface area contributed by atoms with Gasteiger partial charge in [-0.1, -0.05) is 0 Å². The first-order chi connectivity index (χ1) is 7.69. The highest BCUT2D eigenvalue weighted by atomic mass is 32.3. The fraction of sp³-hybridized carbons (Fsp3) is 0.818. The van der Waals surface area contributed by atoms with Gasteiger partial charge in [-0.25, -0.2) is 0 Å². The van der Waals surface area contributed by atoms with Crippen molar-refractivity contribution < 1.29 is 8.42 Å². The van der Waals surface area contributed by atoms with E-state index in [9.17, 15) is 8.42 Å². The monoisotopic (exact) mass is 276 g/mol. The maximum Gasteiger partial charge on any atom is 0.165 e. The van der Waals surface area contributed by atoms with Crippen molar-refractivity contribution in [1.29, 1.82) is 0 Å². The molecule has 3 fully saturated rings. The molecule has 3 aliphatic heterocycles. The minimum atomic E-state index is -0.911. The zero-order valence-electron chi connectivity index (χ0n) is 9.15. The molecule has 2 atom stereocenters. The van der Waals surface area contributed by atoms with Gasteiger partial charge in [-0.3, -0.25) is 8.42 Å². The van der Waals surface area contributed by atoms with Gasteiger partial charge in [0.05, 0.1) is 21.6 Å². The number of terminal acetylenes is 1. The van der Waals surface area contributed by atoms with Crippen molar-refractivity contribution >= 4 is 33.4 Å². The molecule has 3 rings (SSSR count). The summed E-state index contributed by atoms with van der Waals surface area (Å²) in [6.45, 7) is 0. The van der Waals surface area contributed by atoms with E-state index in [4.69, 9.17) is 6.42 Å². The molecule has 0 aromatic carbocycles. The summed E-state index contributed by atoms with van der Waals surface area (Å²) in [5.74, 6) is 5.58. The van der Waals surface area contributed by atoms with E-state index in [2.05, 4.69) is 5.92 Å². The molecule has 3 aliphatic rings. The lowest BCUT2D eigenvalue weighted by Gasteiger charge is -2.43. The number of hydrogen-bond donors (Lipinski definition) is 0. The van der Waals surface area contributed by atoms with E-state index in [0.717, 1.165) is 42.9 Å². The normalized spacial score (nSPS) is 41.8. The van der Waals surface area contributed by atoms with Crippen molar-refractivity contribution in [2.75, 3.05) is 17.3 Å². The zero-order valence-corrected chi connectivity index (χ0v) is 11.6. The summed E-state index contributed by atoms with van der Waals surface area (Å²) in [6.07, 6.45) is 8.66. The van der Waals surface area contributed by atoms with Gasteiger partial charge in [0.25, 0.3) is 0 Å². The van der Waals surface area contributed by atoms with Crippen LogP contribution in [0, 0.1) is 18.3 Å². The van der Waals surface area contributed by atoms with Crippen LogP contribution >= 0.6 is 11.8 Å². The maximum absolute atomic E-state index is 12.1. The van der Waals surface area contributed by atoms with Crippen LogP contribution < -0.4 is 0 Å². The van der Waals surface area contributed by atoms with E-state index in [-0.39, 0.29) is 0 Å². The molecular weight excluding hydrogens is 260 g/mol. The van der Waals surface area contributed by atoms with Crippen LogP contribution in [-0.4, -0.2) is 29.1 Å². The van der Waals surface area contributed by atoms with Crippen molar-refractivity contribution in [2.45, 2.75) is 29.1 Å². The fourth-order valence-electron chi connectivity index (χ4n) is 2.17. The standard InChI is InChI=1S/C11H16O2S3/c1-2-3-4-5-6-11-14-7-10(8-15(11)12)9-16(11)13/h1,10H,3-9H2. The molecule has 3 heterocycles. The summed E-state index contributed by atoms with van der Waals surface area (Å²) in [6, 6.07) is 0.